The number of alkyl halides is 3. The first-order chi connectivity index (χ1) is 18.5. The predicted molar refractivity (Wildman–Crippen MR) is 141 cm³/mol. The molecule has 7 nitrogen and oxygen atoms in total. The van der Waals surface area contributed by atoms with Crippen LogP contribution in [0.5, 0.6) is 0 Å². The van der Waals surface area contributed by atoms with Crippen LogP contribution in [0.25, 0.3) is 0 Å². The van der Waals surface area contributed by atoms with Gasteiger partial charge in [0.15, 0.2) is 5.78 Å². The average molecular weight is 556 g/mol. The lowest BCUT2D eigenvalue weighted by Crippen LogP contribution is -2.30. The van der Waals surface area contributed by atoms with Crippen LogP contribution in [0.3, 0.4) is 0 Å². The number of nitriles is 1. The van der Waals surface area contributed by atoms with Gasteiger partial charge in [-0.25, -0.2) is 4.79 Å². The molecule has 3 rings (SSSR count). The molecule has 0 unspecified atom stereocenters. The number of nitrogens with zero attached hydrogens (tertiary/aromatic N) is 1. The number of Topliss-reactive ketones (excluding diaryl/α,β-unsaturated/α-hetero) is 1. The number of amides is 1. The number of carbonyl (C=O) groups is 3. The van der Waals surface area contributed by atoms with E-state index >= 15 is 0 Å². The number of hydrogen-bond acceptors (Lipinski definition) is 7. The van der Waals surface area contributed by atoms with E-state index in [2.05, 4.69) is 17.2 Å². The number of rotatable bonds is 9. The highest BCUT2D eigenvalue weighted by Gasteiger charge is 2.41. The highest BCUT2D eigenvalue weighted by Crippen LogP contribution is 2.45. The molecule has 0 aliphatic carbocycles. The van der Waals surface area contributed by atoms with Crippen LogP contribution >= 0.6 is 11.8 Å². The number of nitrogens with one attached hydrogen (secondary N) is 2. The molecule has 1 amide bonds. The number of carbonyl (C=O) groups excluding carboxylic acids is 3. The van der Waals surface area contributed by atoms with Gasteiger partial charge in [0.05, 0.1) is 39.5 Å². The number of anilines is 1. The first-order valence-electron chi connectivity index (χ1n) is 11.6. The van der Waals surface area contributed by atoms with Crippen LogP contribution in [-0.4, -0.2) is 30.0 Å². The Morgan fingerprint density at radius 2 is 1.92 bits per heavy atom. The van der Waals surface area contributed by atoms with Gasteiger partial charge in [0, 0.05) is 16.9 Å². The quantitative estimate of drug-likeness (QED) is 0.232. The number of ether oxygens (including phenoxy) is 1. The molecule has 1 aliphatic rings. The van der Waals surface area contributed by atoms with Crippen molar-refractivity contribution >= 4 is 35.1 Å². The van der Waals surface area contributed by atoms with Crippen molar-refractivity contribution in [1.82, 2.24) is 5.32 Å². The maximum absolute atomic E-state index is 14.0. The topological polar surface area (TPSA) is 108 Å². The molecule has 2 aromatic carbocycles. The van der Waals surface area contributed by atoms with E-state index in [4.69, 9.17) is 4.74 Å². The summed E-state index contributed by atoms with van der Waals surface area (Å²) in [6, 6.07) is 13.0. The van der Waals surface area contributed by atoms with Crippen LogP contribution < -0.4 is 10.6 Å². The first-order valence-corrected chi connectivity index (χ1v) is 12.6. The van der Waals surface area contributed by atoms with Crippen LogP contribution in [0, 0.1) is 11.3 Å². The van der Waals surface area contributed by atoms with Gasteiger partial charge in [-0.3, -0.25) is 9.59 Å². The molecule has 1 aliphatic heterocycles. The number of allylic oxidation sites excluding steroid dienone is 2. The second-order valence-electron chi connectivity index (χ2n) is 8.40. The third-order valence-corrected chi connectivity index (χ3v) is 6.69. The van der Waals surface area contributed by atoms with Crippen LogP contribution in [0.2, 0.25) is 0 Å². The first kappa shape index (κ1) is 29.3. The fourth-order valence-electron chi connectivity index (χ4n) is 3.98. The molecule has 0 fully saturated rings. The second kappa shape index (κ2) is 12.5. The summed E-state index contributed by atoms with van der Waals surface area (Å²) < 4.78 is 47.0. The molecule has 39 heavy (non-hydrogen) atoms. The average Bonchev–Trinajstić information content (AvgIpc) is 2.89. The molecule has 1 atom stereocenters. The number of ketones is 1. The monoisotopic (exact) mass is 555 g/mol. The second-order valence-corrected chi connectivity index (χ2v) is 9.38. The Balaban J connectivity index is 1.99. The van der Waals surface area contributed by atoms with Gasteiger partial charge in [-0.2, -0.15) is 18.4 Å². The van der Waals surface area contributed by atoms with Crippen LogP contribution in [-0.2, 0) is 20.5 Å². The van der Waals surface area contributed by atoms with Gasteiger partial charge in [0.1, 0.15) is 6.61 Å². The normalized spacial score (nSPS) is 15.2. The van der Waals surface area contributed by atoms with Crippen molar-refractivity contribution in [1.29, 1.82) is 5.26 Å². The van der Waals surface area contributed by atoms with Gasteiger partial charge in [0.25, 0.3) is 0 Å². The van der Waals surface area contributed by atoms with Crippen molar-refractivity contribution in [2.24, 2.45) is 0 Å². The van der Waals surface area contributed by atoms with E-state index in [-0.39, 0.29) is 45.6 Å². The van der Waals surface area contributed by atoms with Crippen LogP contribution in [0.1, 0.15) is 41.3 Å². The fourth-order valence-corrected chi connectivity index (χ4v) is 4.87. The molecule has 2 N–H and O–H groups in total. The summed E-state index contributed by atoms with van der Waals surface area (Å²) in [7, 11) is 0. The summed E-state index contributed by atoms with van der Waals surface area (Å²) in [6.45, 7) is 6.17. The summed E-state index contributed by atoms with van der Waals surface area (Å²) in [5, 5.41) is 15.7. The number of hydrogen-bond donors (Lipinski definition) is 2. The smallest absolute Gasteiger partial charge is 0.416 e. The van der Waals surface area contributed by atoms with E-state index in [1.165, 1.54) is 44.2 Å². The van der Waals surface area contributed by atoms with Crippen molar-refractivity contribution in [3.63, 3.8) is 0 Å². The molecular weight excluding hydrogens is 531 g/mol. The SMILES string of the molecule is C=CCOC(=O)C1=C(C)NC(SCC(=O)Nc2cccc(C(C)=O)c2)=C(C#N)[C@@H]1c1ccccc1C(F)(F)F. The maximum Gasteiger partial charge on any atom is 0.416 e. The van der Waals surface area contributed by atoms with Crippen molar-refractivity contribution in [3.05, 3.63) is 99.7 Å². The fraction of sp³-hybridized carbons (Fsp3) is 0.214. The van der Waals surface area contributed by atoms with E-state index in [1.807, 2.05) is 6.07 Å². The summed E-state index contributed by atoms with van der Waals surface area (Å²) in [5.41, 5.74) is -0.636. The Labute approximate surface area is 227 Å². The van der Waals surface area contributed by atoms with E-state index in [9.17, 15) is 32.8 Å². The van der Waals surface area contributed by atoms with Gasteiger partial charge in [-0.05, 0) is 37.6 Å². The summed E-state index contributed by atoms with van der Waals surface area (Å²) in [6.07, 6.45) is -3.44. The van der Waals surface area contributed by atoms with E-state index in [0.717, 1.165) is 17.8 Å². The number of esters is 1. The molecule has 0 spiro atoms. The van der Waals surface area contributed by atoms with Crippen LogP contribution in [0.15, 0.2) is 83.1 Å². The number of benzene rings is 2. The minimum Gasteiger partial charge on any atom is -0.458 e. The van der Waals surface area contributed by atoms with E-state index in [0.29, 0.717) is 11.3 Å². The summed E-state index contributed by atoms with van der Waals surface area (Å²) in [5.74, 6) is -3.16. The number of thioether (sulfide) groups is 1. The van der Waals surface area contributed by atoms with E-state index < -0.39 is 29.5 Å². The Hall–Kier alpha value is -4.30. The lowest BCUT2D eigenvalue weighted by molar-refractivity contribution is -0.140. The minimum absolute atomic E-state index is 0.130. The lowest BCUT2D eigenvalue weighted by Gasteiger charge is -2.30. The minimum atomic E-state index is -4.76. The molecule has 0 aromatic heterocycles. The Morgan fingerprint density at radius 1 is 1.21 bits per heavy atom. The lowest BCUT2D eigenvalue weighted by atomic mass is 9.80. The van der Waals surface area contributed by atoms with Crippen molar-refractivity contribution in [2.45, 2.75) is 25.9 Å². The van der Waals surface area contributed by atoms with Gasteiger partial charge < -0.3 is 15.4 Å². The van der Waals surface area contributed by atoms with Gasteiger partial charge >= 0.3 is 12.1 Å². The van der Waals surface area contributed by atoms with Gasteiger partial charge in [-0.1, -0.05) is 54.7 Å². The van der Waals surface area contributed by atoms with Gasteiger partial charge in [-0.15, -0.1) is 0 Å². The molecule has 0 radical (unpaired) electrons. The number of halogens is 3. The zero-order chi connectivity index (χ0) is 28.7. The zero-order valence-electron chi connectivity index (χ0n) is 21.0. The number of dihydropyridines is 1. The molecule has 11 heteroatoms. The van der Waals surface area contributed by atoms with Gasteiger partial charge in [0.2, 0.25) is 5.91 Å². The molecule has 0 saturated heterocycles. The third kappa shape index (κ3) is 6.97. The largest absolute Gasteiger partial charge is 0.458 e. The third-order valence-electron chi connectivity index (χ3n) is 5.68. The van der Waals surface area contributed by atoms with Crippen molar-refractivity contribution in [3.8, 4) is 6.07 Å². The molecule has 1 heterocycles. The highest BCUT2D eigenvalue weighted by atomic mass is 32.2. The van der Waals surface area contributed by atoms with E-state index in [1.54, 1.807) is 18.2 Å². The Bertz CT molecular complexity index is 1420. The Kier molecular flexibility index (Phi) is 9.37. The predicted octanol–water partition coefficient (Wildman–Crippen LogP) is 5.71. The standard InChI is InChI=1S/C28H24F3N3O4S/c1-4-12-38-27(37)24-16(2)33-26(39-15-23(36)34-19-9-7-8-18(13-19)17(3)35)21(14-32)25(24)20-10-5-6-11-22(20)28(29,30)31/h4-11,13,25,33H,1,12,15H2,2-3H3,(H,34,36)/t25-/m0/s1. The van der Waals surface area contributed by atoms with Crippen molar-refractivity contribution in [2.75, 3.05) is 17.7 Å². The van der Waals surface area contributed by atoms with Crippen molar-refractivity contribution < 1.29 is 32.3 Å². The maximum atomic E-state index is 14.0. The molecule has 202 valence electrons. The molecule has 0 saturated carbocycles. The summed E-state index contributed by atoms with van der Waals surface area (Å²) >= 11 is 0.898. The van der Waals surface area contributed by atoms with Crippen LogP contribution in [0.4, 0.5) is 18.9 Å². The molecular formula is C28H24F3N3O4S. The highest BCUT2D eigenvalue weighted by molar-refractivity contribution is 8.03. The molecule has 2 aromatic rings. The zero-order valence-corrected chi connectivity index (χ0v) is 21.8. The Morgan fingerprint density at radius 3 is 2.56 bits per heavy atom. The molecule has 0 bridgehead atoms. The summed E-state index contributed by atoms with van der Waals surface area (Å²) in [4.78, 5) is 37.2.